The molecule has 1 atom stereocenters. The third-order valence-electron chi connectivity index (χ3n) is 4.02. The van der Waals surface area contributed by atoms with Crippen molar-refractivity contribution in [3.8, 4) is 0 Å². The Hall–Kier alpha value is -1.20. The van der Waals surface area contributed by atoms with E-state index in [2.05, 4.69) is 0 Å². The standard InChI is InChI=1S/C16H18FNO2S/c1-10(19)21-12-8-18(9-12)15(16(20)11-6-7-11)13-4-2-3-5-14(13)17/h2-5,11-12,15H,6-9H2,1H3. The third-order valence-corrected chi connectivity index (χ3v) is 4.99. The molecule has 1 aromatic carbocycles. The number of ketones is 1. The summed E-state index contributed by atoms with van der Waals surface area (Å²) in [5.74, 6) is -0.0975. The molecule has 0 radical (unpaired) electrons. The third kappa shape index (κ3) is 3.19. The van der Waals surface area contributed by atoms with E-state index in [1.54, 1.807) is 25.1 Å². The fourth-order valence-corrected chi connectivity index (χ4v) is 3.81. The van der Waals surface area contributed by atoms with Gasteiger partial charge >= 0.3 is 0 Å². The number of nitrogens with zero attached hydrogens (tertiary/aromatic N) is 1. The second-order valence-electron chi connectivity index (χ2n) is 5.79. The number of rotatable bonds is 5. The van der Waals surface area contributed by atoms with Gasteiger partial charge < -0.3 is 0 Å². The normalized spacial score (nSPS) is 20.9. The summed E-state index contributed by atoms with van der Waals surface area (Å²) >= 11 is 1.31. The molecule has 1 saturated heterocycles. The molecule has 1 heterocycles. The van der Waals surface area contributed by atoms with Gasteiger partial charge in [-0.05, 0) is 18.9 Å². The minimum absolute atomic E-state index is 0.0918. The molecule has 0 spiro atoms. The number of hydrogen-bond acceptors (Lipinski definition) is 4. The van der Waals surface area contributed by atoms with E-state index in [0.717, 1.165) is 12.8 Å². The second kappa shape index (κ2) is 5.89. The molecule has 1 aliphatic carbocycles. The molecule has 112 valence electrons. The minimum atomic E-state index is -0.484. The zero-order valence-electron chi connectivity index (χ0n) is 11.9. The number of carbonyl (C=O) groups is 2. The van der Waals surface area contributed by atoms with E-state index in [-0.39, 0.29) is 27.9 Å². The monoisotopic (exact) mass is 307 g/mol. The molecule has 2 fully saturated rings. The SMILES string of the molecule is CC(=O)SC1CN(C(C(=O)C2CC2)c2ccccc2F)C1. The van der Waals surface area contributed by atoms with Gasteiger partial charge in [-0.1, -0.05) is 30.0 Å². The molecular weight excluding hydrogens is 289 g/mol. The first-order valence-corrected chi connectivity index (χ1v) is 8.13. The number of halogens is 1. The zero-order valence-corrected chi connectivity index (χ0v) is 12.7. The van der Waals surface area contributed by atoms with Gasteiger partial charge in [0.2, 0.25) is 0 Å². The van der Waals surface area contributed by atoms with Crippen LogP contribution < -0.4 is 0 Å². The van der Waals surface area contributed by atoms with Gasteiger partial charge in [0.25, 0.3) is 0 Å². The van der Waals surface area contributed by atoms with Crippen LogP contribution in [0, 0.1) is 11.7 Å². The van der Waals surface area contributed by atoms with Crippen molar-refractivity contribution in [1.82, 2.24) is 4.90 Å². The first-order chi connectivity index (χ1) is 10.1. The summed E-state index contributed by atoms with van der Waals surface area (Å²) in [5.41, 5.74) is 0.473. The van der Waals surface area contributed by atoms with Crippen molar-refractivity contribution in [1.29, 1.82) is 0 Å². The van der Waals surface area contributed by atoms with Crippen molar-refractivity contribution in [3.05, 3.63) is 35.6 Å². The Morgan fingerprint density at radius 3 is 2.52 bits per heavy atom. The van der Waals surface area contributed by atoms with Crippen LogP contribution in [0.25, 0.3) is 0 Å². The van der Waals surface area contributed by atoms with E-state index in [0.29, 0.717) is 18.7 Å². The van der Waals surface area contributed by atoms with E-state index in [1.165, 1.54) is 17.8 Å². The number of likely N-dealkylation sites (tertiary alicyclic amines) is 1. The maximum atomic E-state index is 14.1. The molecule has 2 aliphatic rings. The van der Waals surface area contributed by atoms with Crippen molar-refractivity contribution in [2.45, 2.75) is 31.1 Å². The van der Waals surface area contributed by atoms with E-state index in [1.807, 2.05) is 4.90 Å². The predicted octanol–water partition coefficient (Wildman–Crippen LogP) is 2.81. The van der Waals surface area contributed by atoms with Crippen molar-refractivity contribution in [3.63, 3.8) is 0 Å². The number of thioether (sulfide) groups is 1. The van der Waals surface area contributed by atoms with Crippen molar-refractivity contribution >= 4 is 22.7 Å². The summed E-state index contributed by atoms with van der Waals surface area (Å²) in [4.78, 5) is 25.7. The molecule has 1 aliphatic heterocycles. The Balaban J connectivity index is 1.77. The average Bonchev–Trinajstić information content (AvgIpc) is 3.21. The summed E-state index contributed by atoms with van der Waals surface area (Å²) in [7, 11) is 0. The van der Waals surface area contributed by atoms with Gasteiger partial charge in [0, 0.05) is 36.7 Å². The Labute approximate surface area is 127 Å². The van der Waals surface area contributed by atoms with Gasteiger partial charge in [0.15, 0.2) is 10.9 Å². The molecule has 0 bridgehead atoms. The van der Waals surface area contributed by atoms with Gasteiger partial charge in [-0.3, -0.25) is 14.5 Å². The van der Waals surface area contributed by atoms with Crippen LogP contribution in [0.5, 0.6) is 0 Å². The van der Waals surface area contributed by atoms with Crippen LogP contribution in [0.1, 0.15) is 31.4 Å². The largest absolute Gasteiger partial charge is 0.297 e. The summed E-state index contributed by atoms with van der Waals surface area (Å²) < 4.78 is 14.1. The number of benzene rings is 1. The average molecular weight is 307 g/mol. The first kappa shape index (κ1) is 14.7. The molecule has 1 unspecified atom stereocenters. The summed E-state index contributed by atoms with van der Waals surface area (Å²) in [6, 6.07) is 6.04. The van der Waals surface area contributed by atoms with Gasteiger partial charge in [0.05, 0.1) is 6.04 Å². The van der Waals surface area contributed by atoms with Crippen LogP contribution >= 0.6 is 11.8 Å². The van der Waals surface area contributed by atoms with Crippen molar-refractivity contribution in [2.75, 3.05) is 13.1 Å². The number of Topliss-reactive ketones (excluding diaryl/α,β-unsaturated/α-hetero) is 1. The molecule has 5 heteroatoms. The maximum absolute atomic E-state index is 14.1. The lowest BCUT2D eigenvalue weighted by atomic mass is 9.95. The van der Waals surface area contributed by atoms with Crippen LogP contribution in [0.3, 0.4) is 0 Å². The van der Waals surface area contributed by atoms with Crippen LogP contribution in [-0.2, 0) is 9.59 Å². The molecule has 3 nitrogen and oxygen atoms in total. The van der Waals surface area contributed by atoms with E-state index < -0.39 is 6.04 Å². The summed E-state index contributed by atoms with van der Waals surface area (Å²) in [6.45, 7) is 2.89. The fraction of sp³-hybridized carbons (Fsp3) is 0.500. The quantitative estimate of drug-likeness (QED) is 0.838. The van der Waals surface area contributed by atoms with Crippen LogP contribution in [0.4, 0.5) is 4.39 Å². The van der Waals surface area contributed by atoms with E-state index in [9.17, 15) is 14.0 Å². The van der Waals surface area contributed by atoms with E-state index in [4.69, 9.17) is 0 Å². The van der Waals surface area contributed by atoms with Crippen LogP contribution in [0.15, 0.2) is 24.3 Å². The predicted molar refractivity (Wildman–Crippen MR) is 80.5 cm³/mol. The Kier molecular flexibility index (Phi) is 4.13. The van der Waals surface area contributed by atoms with Crippen LogP contribution in [0.2, 0.25) is 0 Å². The molecule has 3 rings (SSSR count). The smallest absolute Gasteiger partial charge is 0.186 e. The lowest BCUT2D eigenvalue weighted by molar-refractivity contribution is -0.127. The molecule has 1 aromatic rings. The molecular formula is C16H18FNO2S. The number of hydrogen-bond donors (Lipinski definition) is 0. The summed E-state index contributed by atoms with van der Waals surface area (Å²) in [6.07, 6.45) is 1.84. The highest BCUT2D eigenvalue weighted by molar-refractivity contribution is 8.14. The van der Waals surface area contributed by atoms with E-state index >= 15 is 0 Å². The molecule has 0 amide bonds. The lowest BCUT2D eigenvalue weighted by Gasteiger charge is -2.43. The molecule has 21 heavy (non-hydrogen) atoms. The molecule has 0 N–H and O–H groups in total. The Bertz CT molecular complexity index is 567. The van der Waals surface area contributed by atoms with Gasteiger partial charge in [-0.25, -0.2) is 4.39 Å². The maximum Gasteiger partial charge on any atom is 0.186 e. The number of carbonyl (C=O) groups excluding carboxylic acids is 2. The molecule has 0 aromatic heterocycles. The Morgan fingerprint density at radius 2 is 1.95 bits per heavy atom. The fourth-order valence-electron chi connectivity index (χ4n) is 2.81. The second-order valence-corrected chi connectivity index (χ2v) is 7.26. The van der Waals surface area contributed by atoms with Crippen molar-refractivity contribution < 1.29 is 14.0 Å². The highest BCUT2D eigenvalue weighted by Gasteiger charge is 2.43. The van der Waals surface area contributed by atoms with Gasteiger partial charge in [-0.2, -0.15) is 0 Å². The van der Waals surface area contributed by atoms with Crippen molar-refractivity contribution in [2.24, 2.45) is 5.92 Å². The lowest BCUT2D eigenvalue weighted by Crippen LogP contribution is -2.53. The molecule has 1 saturated carbocycles. The minimum Gasteiger partial charge on any atom is -0.297 e. The highest BCUT2D eigenvalue weighted by Crippen LogP contribution is 2.40. The Morgan fingerprint density at radius 1 is 1.29 bits per heavy atom. The highest BCUT2D eigenvalue weighted by atomic mass is 32.2. The van der Waals surface area contributed by atoms with Crippen LogP contribution in [-0.4, -0.2) is 34.1 Å². The first-order valence-electron chi connectivity index (χ1n) is 7.25. The zero-order chi connectivity index (χ0) is 15.0. The van der Waals surface area contributed by atoms with Gasteiger partial charge in [-0.15, -0.1) is 0 Å². The summed E-state index contributed by atoms with van der Waals surface area (Å²) in [5, 5.41) is 0.319. The topological polar surface area (TPSA) is 37.4 Å². The van der Waals surface area contributed by atoms with Gasteiger partial charge in [0.1, 0.15) is 5.82 Å².